The van der Waals surface area contributed by atoms with Crippen molar-refractivity contribution in [2.24, 2.45) is 0 Å². The Morgan fingerprint density at radius 1 is 1.08 bits per heavy atom. The number of sulfonamides is 1. The van der Waals surface area contributed by atoms with Crippen molar-refractivity contribution in [2.75, 3.05) is 18.9 Å². The monoisotopic (exact) mass is 372 g/mol. The van der Waals surface area contributed by atoms with E-state index in [9.17, 15) is 18.5 Å². The molecule has 0 heterocycles. The summed E-state index contributed by atoms with van der Waals surface area (Å²) in [6.07, 6.45) is 0. The van der Waals surface area contributed by atoms with Crippen molar-refractivity contribution in [1.29, 1.82) is 0 Å². The minimum atomic E-state index is -3.98. The average molecular weight is 373 g/mol. The van der Waals surface area contributed by atoms with Crippen LogP contribution < -0.4 is 14.2 Å². The van der Waals surface area contributed by atoms with E-state index in [1.54, 1.807) is 0 Å². The quantitative estimate of drug-likeness (QED) is 0.616. The molecule has 1 N–H and O–H groups in total. The Morgan fingerprint density at radius 2 is 1.67 bits per heavy atom. The van der Waals surface area contributed by atoms with Gasteiger partial charge in [0.15, 0.2) is 0 Å². The van der Waals surface area contributed by atoms with Crippen molar-refractivity contribution in [2.45, 2.75) is 4.90 Å². The van der Waals surface area contributed by atoms with Gasteiger partial charge in [0, 0.05) is 18.2 Å². The fourth-order valence-electron chi connectivity index (χ4n) is 1.89. The lowest BCUT2D eigenvalue weighted by Gasteiger charge is -2.14. The summed E-state index contributed by atoms with van der Waals surface area (Å²) in [5.41, 5.74) is -0.0966. The summed E-state index contributed by atoms with van der Waals surface area (Å²) in [6, 6.07) is 7.27. The summed E-state index contributed by atoms with van der Waals surface area (Å²) in [7, 11) is -1.19. The number of nitrogens with zero attached hydrogens (tertiary/aromatic N) is 1. The first-order valence-corrected chi connectivity index (χ1v) is 8.33. The van der Waals surface area contributed by atoms with E-state index >= 15 is 0 Å². The van der Waals surface area contributed by atoms with Crippen LogP contribution in [0.3, 0.4) is 0 Å². The first-order valence-electron chi connectivity index (χ1n) is 6.47. The number of rotatable bonds is 6. The van der Waals surface area contributed by atoms with Crippen LogP contribution >= 0.6 is 11.6 Å². The van der Waals surface area contributed by atoms with Gasteiger partial charge in [-0.2, -0.15) is 0 Å². The average Bonchev–Trinajstić information content (AvgIpc) is 2.55. The molecule has 0 fully saturated rings. The number of halogens is 1. The number of methoxy groups -OCH3 is 2. The van der Waals surface area contributed by atoms with Crippen LogP contribution in [-0.2, 0) is 10.0 Å². The molecule has 0 saturated carbocycles. The third-order valence-corrected chi connectivity index (χ3v) is 4.75. The highest BCUT2D eigenvalue weighted by atomic mass is 35.5. The second-order valence-electron chi connectivity index (χ2n) is 4.54. The third-order valence-electron chi connectivity index (χ3n) is 3.08. The highest BCUT2D eigenvalue weighted by molar-refractivity contribution is 7.92. The highest BCUT2D eigenvalue weighted by Crippen LogP contribution is 2.37. The molecule has 0 aliphatic carbocycles. The van der Waals surface area contributed by atoms with Crippen LogP contribution in [0.25, 0.3) is 0 Å². The Balaban J connectivity index is 2.38. The molecule has 24 heavy (non-hydrogen) atoms. The molecule has 0 aromatic heterocycles. The smallest absolute Gasteiger partial charge is 0.269 e. The van der Waals surface area contributed by atoms with E-state index in [1.807, 2.05) is 0 Å². The first-order chi connectivity index (χ1) is 11.3. The molecule has 2 rings (SSSR count). The zero-order valence-corrected chi connectivity index (χ0v) is 14.2. The van der Waals surface area contributed by atoms with E-state index in [2.05, 4.69) is 4.72 Å². The Hall–Kier alpha value is -2.52. The van der Waals surface area contributed by atoms with Gasteiger partial charge in [0.1, 0.15) is 11.5 Å². The lowest BCUT2D eigenvalue weighted by molar-refractivity contribution is -0.384. The summed E-state index contributed by atoms with van der Waals surface area (Å²) in [5, 5.41) is 10.8. The molecule has 0 aliphatic heterocycles. The molecule has 2 aromatic carbocycles. The molecule has 8 nitrogen and oxygen atoms in total. The zero-order chi connectivity index (χ0) is 17.9. The molecule has 2 aromatic rings. The predicted molar refractivity (Wildman–Crippen MR) is 88.5 cm³/mol. The van der Waals surface area contributed by atoms with Crippen molar-refractivity contribution in [3.8, 4) is 11.5 Å². The van der Waals surface area contributed by atoms with Gasteiger partial charge < -0.3 is 9.47 Å². The van der Waals surface area contributed by atoms with Crippen LogP contribution in [-0.4, -0.2) is 27.6 Å². The van der Waals surface area contributed by atoms with Crippen LogP contribution in [0.5, 0.6) is 11.5 Å². The second kappa shape index (κ2) is 6.93. The number of nitrogens with one attached hydrogen (secondary N) is 1. The largest absolute Gasteiger partial charge is 0.495 e. The standard InChI is InChI=1S/C14H13ClN2O6S/c1-22-13-8-14(23-2)12(7-11(13)15)16-24(20,21)10-5-3-9(4-6-10)17(18)19/h3-8,16H,1-2H3. The number of benzene rings is 2. The predicted octanol–water partition coefficient (Wildman–Crippen LogP) is 3.07. The normalized spacial score (nSPS) is 11.0. The van der Waals surface area contributed by atoms with E-state index in [1.165, 1.54) is 26.4 Å². The van der Waals surface area contributed by atoms with Crippen LogP contribution in [0.4, 0.5) is 11.4 Å². The van der Waals surface area contributed by atoms with Gasteiger partial charge in [0.2, 0.25) is 0 Å². The topological polar surface area (TPSA) is 108 Å². The van der Waals surface area contributed by atoms with Crippen LogP contribution in [0, 0.1) is 10.1 Å². The van der Waals surface area contributed by atoms with E-state index in [4.69, 9.17) is 21.1 Å². The Labute approximate surface area is 143 Å². The number of hydrogen-bond donors (Lipinski definition) is 1. The van der Waals surface area contributed by atoms with Crippen LogP contribution in [0.1, 0.15) is 0 Å². The Kier molecular flexibility index (Phi) is 5.15. The van der Waals surface area contributed by atoms with Gasteiger partial charge in [0.05, 0.1) is 34.7 Å². The number of nitro groups is 1. The van der Waals surface area contributed by atoms with E-state index < -0.39 is 14.9 Å². The van der Waals surface area contributed by atoms with Gasteiger partial charge >= 0.3 is 0 Å². The Bertz CT molecular complexity index is 868. The minimum absolute atomic E-state index is 0.113. The van der Waals surface area contributed by atoms with Crippen LogP contribution in [0.15, 0.2) is 41.3 Å². The molecule has 0 amide bonds. The fraction of sp³-hybridized carbons (Fsp3) is 0.143. The maximum atomic E-state index is 12.4. The zero-order valence-electron chi connectivity index (χ0n) is 12.6. The Morgan fingerprint density at radius 3 is 2.17 bits per heavy atom. The lowest BCUT2D eigenvalue weighted by Crippen LogP contribution is -2.13. The molecule has 10 heteroatoms. The maximum absolute atomic E-state index is 12.4. The van der Waals surface area contributed by atoms with E-state index in [-0.39, 0.29) is 27.0 Å². The lowest BCUT2D eigenvalue weighted by atomic mass is 10.3. The molecular weight excluding hydrogens is 360 g/mol. The summed E-state index contributed by atoms with van der Waals surface area (Å²) in [4.78, 5) is 9.88. The van der Waals surface area contributed by atoms with Gasteiger partial charge in [-0.1, -0.05) is 11.6 Å². The first kappa shape index (κ1) is 17.8. The van der Waals surface area contributed by atoms with Crippen molar-refractivity contribution in [3.63, 3.8) is 0 Å². The van der Waals surface area contributed by atoms with Gasteiger partial charge in [-0.05, 0) is 18.2 Å². The summed E-state index contributed by atoms with van der Waals surface area (Å²) < 4.78 is 37.3. The third kappa shape index (κ3) is 3.69. The van der Waals surface area contributed by atoms with Crippen LogP contribution in [0.2, 0.25) is 5.02 Å². The SMILES string of the molecule is COc1cc(OC)c(NS(=O)(=O)c2ccc([N+](=O)[O-])cc2)cc1Cl. The van der Waals surface area contributed by atoms with Crippen molar-refractivity contribution < 1.29 is 22.8 Å². The molecule has 0 spiro atoms. The van der Waals surface area contributed by atoms with Gasteiger partial charge in [-0.3, -0.25) is 14.8 Å². The molecule has 0 atom stereocenters. The molecule has 128 valence electrons. The van der Waals surface area contributed by atoms with Gasteiger partial charge in [-0.25, -0.2) is 8.42 Å². The number of anilines is 1. The molecule has 0 radical (unpaired) electrons. The number of hydrogen-bond acceptors (Lipinski definition) is 6. The highest BCUT2D eigenvalue weighted by Gasteiger charge is 2.19. The summed E-state index contributed by atoms with van der Waals surface area (Å²) in [6.45, 7) is 0. The maximum Gasteiger partial charge on any atom is 0.269 e. The molecular formula is C14H13ClN2O6S. The fourth-order valence-corrected chi connectivity index (χ4v) is 3.19. The molecule has 0 bridgehead atoms. The van der Waals surface area contributed by atoms with Gasteiger partial charge in [0.25, 0.3) is 15.7 Å². The van der Waals surface area contributed by atoms with Crippen molar-refractivity contribution in [1.82, 2.24) is 0 Å². The molecule has 0 aliphatic rings. The van der Waals surface area contributed by atoms with Crippen molar-refractivity contribution >= 4 is 33.0 Å². The van der Waals surface area contributed by atoms with Gasteiger partial charge in [-0.15, -0.1) is 0 Å². The van der Waals surface area contributed by atoms with Crippen molar-refractivity contribution in [3.05, 3.63) is 51.5 Å². The minimum Gasteiger partial charge on any atom is -0.495 e. The second-order valence-corrected chi connectivity index (χ2v) is 6.63. The molecule has 0 saturated heterocycles. The summed E-state index contributed by atoms with van der Waals surface area (Å²) in [5.74, 6) is 0.536. The number of nitro benzene ring substituents is 1. The number of ether oxygens (including phenoxy) is 2. The van der Waals surface area contributed by atoms with E-state index in [0.717, 1.165) is 24.3 Å². The molecule has 0 unspecified atom stereocenters. The van der Waals surface area contributed by atoms with E-state index in [0.29, 0.717) is 5.75 Å². The summed E-state index contributed by atoms with van der Waals surface area (Å²) >= 11 is 6.00. The number of non-ortho nitro benzene ring substituents is 1.